The summed E-state index contributed by atoms with van der Waals surface area (Å²) in [6, 6.07) is 6.46. The van der Waals surface area contributed by atoms with E-state index in [4.69, 9.17) is 14.2 Å². The van der Waals surface area contributed by atoms with Gasteiger partial charge in [0.15, 0.2) is 0 Å². The average Bonchev–Trinajstić information content (AvgIpc) is 3.33. The number of hydrogen-bond donors (Lipinski definition) is 1. The lowest BCUT2D eigenvalue weighted by Gasteiger charge is -2.10. The van der Waals surface area contributed by atoms with Crippen LogP contribution in [0.2, 0.25) is 0 Å². The van der Waals surface area contributed by atoms with Crippen molar-refractivity contribution in [2.24, 2.45) is 0 Å². The van der Waals surface area contributed by atoms with E-state index < -0.39 is 0 Å². The van der Waals surface area contributed by atoms with Gasteiger partial charge in [0.1, 0.15) is 17.2 Å². The Kier molecular flexibility index (Phi) is 6.67. The molecule has 1 aromatic carbocycles. The number of unbranched alkanes of at least 4 members (excludes halogenated alkanes) is 3. The maximum absolute atomic E-state index is 5.77. The number of methoxy groups -OCH3 is 2. The van der Waals surface area contributed by atoms with Gasteiger partial charge in [-0.3, -0.25) is 0 Å². The maximum atomic E-state index is 5.77. The van der Waals surface area contributed by atoms with Crippen molar-refractivity contribution < 1.29 is 14.2 Å². The molecule has 118 valence electrons. The molecule has 0 aliphatic heterocycles. The predicted octanol–water partition coefficient (Wildman–Crippen LogP) is 3.40. The van der Waals surface area contributed by atoms with Crippen LogP contribution in [0.4, 0.5) is 0 Å². The second-order valence-electron chi connectivity index (χ2n) is 5.54. The lowest BCUT2D eigenvalue weighted by Crippen LogP contribution is -2.17. The van der Waals surface area contributed by atoms with Gasteiger partial charge in [0.25, 0.3) is 0 Å². The molecule has 0 amide bonds. The third-order valence-electron chi connectivity index (χ3n) is 3.68. The first-order valence-corrected chi connectivity index (χ1v) is 7.91. The van der Waals surface area contributed by atoms with Gasteiger partial charge in [0.05, 0.1) is 20.8 Å². The average molecular weight is 293 g/mol. The topological polar surface area (TPSA) is 39.7 Å². The van der Waals surface area contributed by atoms with E-state index in [1.807, 2.05) is 18.2 Å². The molecular formula is C17H27NO3. The summed E-state index contributed by atoms with van der Waals surface area (Å²) >= 11 is 0. The highest BCUT2D eigenvalue weighted by molar-refractivity contribution is 5.41. The summed E-state index contributed by atoms with van der Waals surface area (Å²) < 4.78 is 16.2. The molecule has 0 saturated heterocycles. The molecule has 0 heterocycles. The maximum Gasteiger partial charge on any atom is 0.126 e. The fraction of sp³-hybridized carbons (Fsp3) is 0.647. The molecule has 1 fully saturated rings. The van der Waals surface area contributed by atoms with E-state index in [1.54, 1.807) is 14.2 Å². The molecule has 21 heavy (non-hydrogen) atoms. The third-order valence-corrected chi connectivity index (χ3v) is 3.68. The second-order valence-corrected chi connectivity index (χ2v) is 5.54. The van der Waals surface area contributed by atoms with Crippen molar-refractivity contribution in [3.8, 4) is 17.2 Å². The van der Waals surface area contributed by atoms with Crippen LogP contribution in [0.5, 0.6) is 17.2 Å². The van der Waals surface area contributed by atoms with Crippen LogP contribution in [0.1, 0.15) is 38.5 Å². The first-order chi connectivity index (χ1) is 10.3. The molecule has 0 bridgehead atoms. The Balaban J connectivity index is 1.56. The van der Waals surface area contributed by atoms with E-state index in [1.165, 1.54) is 38.6 Å². The fourth-order valence-corrected chi connectivity index (χ4v) is 2.23. The van der Waals surface area contributed by atoms with Gasteiger partial charge in [-0.25, -0.2) is 0 Å². The fourth-order valence-electron chi connectivity index (χ4n) is 2.23. The summed E-state index contributed by atoms with van der Waals surface area (Å²) in [7, 11) is 3.29. The molecule has 1 saturated carbocycles. The summed E-state index contributed by atoms with van der Waals surface area (Å²) in [5, 5.41) is 3.54. The van der Waals surface area contributed by atoms with Crippen LogP contribution in [-0.2, 0) is 0 Å². The Hall–Kier alpha value is -1.42. The quantitative estimate of drug-likeness (QED) is 0.635. The minimum atomic E-state index is 0.742. The van der Waals surface area contributed by atoms with Gasteiger partial charge in [-0.05, 0) is 32.2 Å². The highest BCUT2D eigenvalue weighted by Gasteiger charge is 2.19. The Labute approximate surface area is 127 Å². The van der Waals surface area contributed by atoms with Crippen LogP contribution in [-0.4, -0.2) is 33.4 Å². The van der Waals surface area contributed by atoms with Gasteiger partial charge in [-0.1, -0.05) is 12.8 Å². The molecule has 1 aliphatic rings. The molecule has 2 rings (SSSR count). The van der Waals surface area contributed by atoms with Gasteiger partial charge in [-0.2, -0.15) is 0 Å². The van der Waals surface area contributed by atoms with E-state index >= 15 is 0 Å². The molecular weight excluding hydrogens is 266 g/mol. The van der Waals surface area contributed by atoms with Crippen LogP contribution in [0.3, 0.4) is 0 Å². The highest BCUT2D eigenvalue weighted by Crippen LogP contribution is 2.27. The van der Waals surface area contributed by atoms with Crippen molar-refractivity contribution in [2.75, 3.05) is 27.4 Å². The van der Waals surface area contributed by atoms with E-state index in [2.05, 4.69) is 5.32 Å². The van der Waals surface area contributed by atoms with Gasteiger partial charge >= 0.3 is 0 Å². The predicted molar refractivity (Wildman–Crippen MR) is 84.5 cm³/mol. The SMILES string of the molecule is COc1cc(OC)cc(OCCCCCCNC2CC2)c1. The number of rotatable bonds is 11. The molecule has 4 nitrogen and oxygen atoms in total. The summed E-state index contributed by atoms with van der Waals surface area (Å²) in [6.45, 7) is 1.91. The van der Waals surface area contributed by atoms with Crippen molar-refractivity contribution >= 4 is 0 Å². The zero-order chi connectivity index (χ0) is 14.9. The van der Waals surface area contributed by atoms with Crippen LogP contribution in [0, 0.1) is 0 Å². The standard InChI is InChI=1S/C17H27NO3/c1-19-15-11-16(20-2)13-17(12-15)21-10-6-4-3-5-9-18-14-7-8-14/h11-14,18H,3-10H2,1-2H3. The Bertz CT molecular complexity index is 396. The van der Waals surface area contributed by atoms with Crippen molar-refractivity contribution in [2.45, 2.75) is 44.6 Å². The van der Waals surface area contributed by atoms with Crippen molar-refractivity contribution in [3.63, 3.8) is 0 Å². The van der Waals surface area contributed by atoms with Crippen molar-refractivity contribution in [3.05, 3.63) is 18.2 Å². The molecule has 1 aliphatic carbocycles. The molecule has 0 spiro atoms. The molecule has 1 N–H and O–H groups in total. The van der Waals surface area contributed by atoms with Crippen LogP contribution in [0.25, 0.3) is 0 Å². The van der Waals surface area contributed by atoms with Crippen molar-refractivity contribution in [1.29, 1.82) is 0 Å². The molecule has 0 aromatic heterocycles. The largest absolute Gasteiger partial charge is 0.496 e. The Morgan fingerprint density at radius 1 is 0.905 bits per heavy atom. The van der Waals surface area contributed by atoms with Gasteiger partial charge in [0.2, 0.25) is 0 Å². The Morgan fingerprint density at radius 3 is 2.14 bits per heavy atom. The lowest BCUT2D eigenvalue weighted by molar-refractivity contribution is 0.299. The van der Waals surface area contributed by atoms with Gasteiger partial charge in [0, 0.05) is 24.2 Å². The number of hydrogen-bond acceptors (Lipinski definition) is 4. The smallest absolute Gasteiger partial charge is 0.126 e. The summed E-state index contributed by atoms with van der Waals surface area (Å²) in [5.41, 5.74) is 0. The zero-order valence-electron chi connectivity index (χ0n) is 13.2. The van der Waals surface area contributed by atoms with Crippen LogP contribution in [0.15, 0.2) is 18.2 Å². The number of nitrogens with one attached hydrogen (secondary N) is 1. The molecule has 4 heteroatoms. The minimum Gasteiger partial charge on any atom is -0.496 e. The minimum absolute atomic E-state index is 0.742. The second kappa shape index (κ2) is 8.78. The van der Waals surface area contributed by atoms with E-state index in [-0.39, 0.29) is 0 Å². The van der Waals surface area contributed by atoms with Crippen LogP contribution >= 0.6 is 0 Å². The summed E-state index contributed by atoms with van der Waals surface area (Å²) in [5.74, 6) is 2.33. The monoisotopic (exact) mass is 293 g/mol. The Morgan fingerprint density at radius 2 is 1.52 bits per heavy atom. The van der Waals surface area contributed by atoms with Gasteiger partial charge in [-0.15, -0.1) is 0 Å². The molecule has 0 radical (unpaired) electrons. The van der Waals surface area contributed by atoms with E-state index in [0.717, 1.165) is 36.3 Å². The highest BCUT2D eigenvalue weighted by atomic mass is 16.5. The summed E-state index contributed by atoms with van der Waals surface area (Å²) in [4.78, 5) is 0. The first-order valence-electron chi connectivity index (χ1n) is 7.91. The normalized spacial score (nSPS) is 14.0. The number of benzene rings is 1. The molecule has 0 unspecified atom stereocenters. The van der Waals surface area contributed by atoms with E-state index in [9.17, 15) is 0 Å². The molecule has 0 atom stereocenters. The van der Waals surface area contributed by atoms with Gasteiger partial charge < -0.3 is 19.5 Å². The van der Waals surface area contributed by atoms with Crippen molar-refractivity contribution in [1.82, 2.24) is 5.32 Å². The molecule has 1 aromatic rings. The zero-order valence-corrected chi connectivity index (χ0v) is 13.2. The summed E-state index contributed by atoms with van der Waals surface area (Å²) in [6.07, 6.45) is 7.58. The van der Waals surface area contributed by atoms with Crippen LogP contribution < -0.4 is 19.5 Å². The number of ether oxygens (including phenoxy) is 3. The first kappa shape index (κ1) is 16.0. The third kappa shape index (κ3) is 6.25. The van der Waals surface area contributed by atoms with E-state index in [0.29, 0.717) is 0 Å². The lowest BCUT2D eigenvalue weighted by atomic mass is 10.2.